The van der Waals surface area contributed by atoms with Crippen LogP contribution in [0.1, 0.15) is 36.9 Å². The molecule has 0 amide bonds. The van der Waals surface area contributed by atoms with Crippen molar-refractivity contribution in [2.24, 2.45) is 0 Å². The Kier molecular flexibility index (Phi) is 4.67. The first-order valence-electron chi connectivity index (χ1n) is 9.17. The minimum absolute atomic E-state index is 0.639. The maximum absolute atomic E-state index is 4.45. The topological polar surface area (TPSA) is 32.3 Å². The van der Waals surface area contributed by atoms with Gasteiger partial charge >= 0.3 is 0 Å². The highest BCUT2D eigenvalue weighted by Crippen LogP contribution is 2.28. The van der Waals surface area contributed by atoms with Gasteiger partial charge in [0.2, 0.25) is 0 Å². The molecule has 0 aliphatic carbocycles. The summed E-state index contributed by atoms with van der Waals surface area (Å²) in [5.41, 5.74) is 1.72. The molecule has 1 aromatic carbocycles. The van der Waals surface area contributed by atoms with E-state index in [1.165, 1.54) is 25.7 Å². The Balaban J connectivity index is 1.48. The zero-order chi connectivity index (χ0) is 17.1. The fourth-order valence-corrected chi connectivity index (χ4v) is 3.89. The molecule has 4 nitrogen and oxygen atoms in total. The average Bonchev–Trinajstić information content (AvgIpc) is 2.76. The van der Waals surface area contributed by atoms with Gasteiger partial charge in [0.05, 0.1) is 0 Å². The summed E-state index contributed by atoms with van der Waals surface area (Å²) in [7, 11) is 2.28. The third-order valence-corrected chi connectivity index (χ3v) is 5.42. The predicted octanol–water partition coefficient (Wildman–Crippen LogP) is 2.94. The third-order valence-electron chi connectivity index (χ3n) is 5.42. The molecule has 1 aromatic heterocycles. The summed E-state index contributed by atoms with van der Waals surface area (Å²) in [6.07, 6.45) is 5.27. The Morgan fingerprint density at radius 2 is 1.60 bits per heavy atom. The summed E-state index contributed by atoms with van der Waals surface area (Å²) in [6, 6.07) is 15.3. The lowest BCUT2D eigenvalue weighted by Gasteiger charge is -2.44. The molecule has 0 saturated carbocycles. The normalized spacial score (nSPS) is 23.5. The Morgan fingerprint density at radius 1 is 0.880 bits per heavy atom. The Labute approximate surface area is 149 Å². The smallest absolute Gasteiger partial charge is 0.151 e. The van der Waals surface area contributed by atoms with Crippen LogP contribution in [0.15, 0.2) is 42.5 Å². The van der Waals surface area contributed by atoms with Gasteiger partial charge in [0, 0.05) is 30.7 Å². The molecular formula is C21H24N4. The average molecular weight is 332 g/mol. The van der Waals surface area contributed by atoms with Gasteiger partial charge in [-0.05, 0) is 50.1 Å². The van der Waals surface area contributed by atoms with E-state index in [-0.39, 0.29) is 0 Å². The molecule has 2 saturated heterocycles. The number of benzene rings is 1. The fraction of sp³-hybridized carbons (Fsp3) is 0.429. The Hall–Kier alpha value is -2.38. The van der Waals surface area contributed by atoms with E-state index in [4.69, 9.17) is 0 Å². The number of hydrogen-bond donors (Lipinski definition) is 0. The summed E-state index contributed by atoms with van der Waals surface area (Å²) in [6.45, 7) is 2.10. The minimum Gasteiger partial charge on any atom is -0.352 e. The van der Waals surface area contributed by atoms with Crippen molar-refractivity contribution in [3.63, 3.8) is 0 Å². The van der Waals surface area contributed by atoms with Gasteiger partial charge in [0.1, 0.15) is 5.69 Å². The molecule has 2 atom stereocenters. The minimum atomic E-state index is 0.639. The van der Waals surface area contributed by atoms with E-state index in [0.29, 0.717) is 12.1 Å². The largest absolute Gasteiger partial charge is 0.352 e. The third kappa shape index (κ3) is 3.67. The van der Waals surface area contributed by atoms with Crippen molar-refractivity contribution in [1.29, 1.82) is 0 Å². The van der Waals surface area contributed by atoms with Crippen LogP contribution in [0.4, 0.5) is 5.82 Å². The Morgan fingerprint density at radius 3 is 2.24 bits per heavy atom. The van der Waals surface area contributed by atoms with Gasteiger partial charge in [0.15, 0.2) is 5.82 Å². The van der Waals surface area contributed by atoms with Gasteiger partial charge in [-0.1, -0.05) is 37.0 Å². The van der Waals surface area contributed by atoms with Crippen LogP contribution in [0.2, 0.25) is 0 Å². The molecular weight excluding hydrogens is 308 g/mol. The maximum Gasteiger partial charge on any atom is 0.151 e. The quantitative estimate of drug-likeness (QED) is 0.752. The molecule has 128 valence electrons. The molecule has 0 radical (unpaired) electrons. The molecule has 2 unspecified atom stereocenters. The molecule has 2 aliphatic heterocycles. The molecule has 2 bridgehead atoms. The van der Waals surface area contributed by atoms with Crippen molar-refractivity contribution in [1.82, 2.24) is 15.1 Å². The van der Waals surface area contributed by atoms with Crippen LogP contribution in [0.3, 0.4) is 0 Å². The Bertz CT molecular complexity index is 744. The van der Waals surface area contributed by atoms with Crippen LogP contribution >= 0.6 is 0 Å². The van der Waals surface area contributed by atoms with Crippen molar-refractivity contribution in [2.75, 3.05) is 25.0 Å². The molecule has 2 aliphatic rings. The number of fused-ring (bicyclic) bond motifs is 2. The fourth-order valence-electron chi connectivity index (χ4n) is 3.89. The second kappa shape index (κ2) is 7.25. The first kappa shape index (κ1) is 16.1. The maximum atomic E-state index is 4.45. The van der Waals surface area contributed by atoms with Gasteiger partial charge in [-0.15, -0.1) is 10.2 Å². The zero-order valence-corrected chi connectivity index (χ0v) is 14.7. The molecule has 0 spiro atoms. The van der Waals surface area contributed by atoms with Crippen LogP contribution in [0.5, 0.6) is 0 Å². The molecule has 0 N–H and O–H groups in total. The number of nitrogens with zero attached hydrogens (tertiary/aromatic N) is 4. The number of likely N-dealkylation sites (N-methyl/N-ethyl adjacent to an activating group) is 1. The number of piperazine rings is 1. The molecule has 4 rings (SSSR count). The monoisotopic (exact) mass is 332 g/mol. The molecule has 2 aromatic rings. The number of hydrogen-bond acceptors (Lipinski definition) is 4. The summed E-state index contributed by atoms with van der Waals surface area (Å²) >= 11 is 0. The van der Waals surface area contributed by atoms with Crippen LogP contribution < -0.4 is 4.90 Å². The van der Waals surface area contributed by atoms with E-state index in [1.54, 1.807) is 0 Å². The summed E-state index contributed by atoms with van der Waals surface area (Å²) < 4.78 is 0. The van der Waals surface area contributed by atoms with Gasteiger partial charge in [-0.3, -0.25) is 4.90 Å². The summed E-state index contributed by atoms with van der Waals surface area (Å²) in [4.78, 5) is 4.98. The highest BCUT2D eigenvalue weighted by Gasteiger charge is 2.33. The van der Waals surface area contributed by atoms with E-state index >= 15 is 0 Å². The van der Waals surface area contributed by atoms with E-state index in [0.717, 1.165) is 30.2 Å². The first-order chi connectivity index (χ1) is 12.3. The van der Waals surface area contributed by atoms with Crippen molar-refractivity contribution < 1.29 is 0 Å². The summed E-state index contributed by atoms with van der Waals surface area (Å²) in [5, 5.41) is 8.78. The number of rotatable bonds is 1. The SMILES string of the molecule is CN1C2CCCCC1CN(c1ccc(C#Cc3ccccc3)nn1)C2. The van der Waals surface area contributed by atoms with E-state index in [1.807, 2.05) is 36.4 Å². The first-order valence-corrected chi connectivity index (χ1v) is 9.17. The van der Waals surface area contributed by atoms with Crippen LogP contribution in [0.25, 0.3) is 0 Å². The predicted molar refractivity (Wildman–Crippen MR) is 100 cm³/mol. The summed E-state index contributed by atoms with van der Waals surface area (Å²) in [5.74, 6) is 7.21. The highest BCUT2D eigenvalue weighted by atomic mass is 15.3. The highest BCUT2D eigenvalue weighted by molar-refractivity contribution is 5.44. The van der Waals surface area contributed by atoms with Crippen molar-refractivity contribution in [2.45, 2.75) is 37.8 Å². The van der Waals surface area contributed by atoms with Crippen molar-refractivity contribution in [3.05, 3.63) is 53.7 Å². The molecule has 4 heteroatoms. The van der Waals surface area contributed by atoms with E-state index < -0.39 is 0 Å². The van der Waals surface area contributed by atoms with Gasteiger partial charge < -0.3 is 4.90 Å². The van der Waals surface area contributed by atoms with Crippen molar-refractivity contribution in [3.8, 4) is 11.8 Å². The van der Waals surface area contributed by atoms with Gasteiger partial charge in [-0.25, -0.2) is 0 Å². The number of aromatic nitrogens is 2. The lowest BCUT2D eigenvalue weighted by molar-refractivity contribution is 0.149. The lowest BCUT2D eigenvalue weighted by Crippen LogP contribution is -2.56. The van der Waals surface area contributed by atoms with Gasteiger partial charge in [-0.2, -0.15) is 0 Å². The van der Waals surface area contributed by atoms with Crippen LogP contribution in [-0.4, -0.2) is 47.3 Å². The second-order valence-corrected chi connectivity index (χ2v) is 7.06. The van der Waals surface area contributed by atoms with Crippen LogP contribution in [-0.2, 0) is 0 Å². The lowest BCUT2D eigenvalue weighted by atomic mass is 10.1. The molecule has 3 heterocycles. The van der Waals surface area contributed by atoms with Crippen LogP contribution in [0, 0.1) is 11.8 Å². The standard InChI is InChI=1S/C21H24N4/c1-24-19-9-5-6-10-20(24)16-25(15-19)21-14-13-18(22-23-21)12-11-17-7-3-2-4-8-17/h2-4,7-8,13-14,19-20H,5-6,9-10,15-16H2,1H3. The zero-order valence-electron chi connectivity index (χ0n) is 14.7. The second-order valence-electron chi connectivity index (χ2n) is 7.06. The van der Waals surface area contributed by atoms with Crippen molar-refractivity contribution >= 4 is 5.82 Å². The van der Waals surface area contributed by atoms with E-state index in [9.17, 15) is 0 Å². The van der Waals surface area contributed by atoms with E-state index in [2.05, 4.69) is 45.0 Å². The number of anilines is 1. The van der Waals surface area contributed by atoms with Gasteiger partial charge in [0.25, 0.3) is 0 Å². The molecule has 2 fully saturated rings. The molecule has 25 heavy (non-hydrogen) atoms.